The van der Waals surface area contributed by atoms with Crippen LogP contribution in [0.1, 0.15) is 18.7 Å². The number of nitrogens with zero attached hydrogens (tertiary/aromatic N) is 2. The number of benzene rings is 1. The zero-order valence-corrected chi connectivity index (χ0v) is 14.5. The van der Waals surface area contributed by atoms with Crippen molar-refractivity contribution >= 4 is 15.8 Å². The van der Waals surface area contributed by atoms with Crippen molar-refractivity contribution in [1.82, 2.24) is 10.1 Å². The average molecular weight is 366 g/mol. The average Bonchev–Trinajstić information content (AvgIpc) is 3.19. The first-order valence-corrected chi connectivity index (χ1v) is 9.60. The quantitative estimate of drug-likeness (QED) is 0.710. The summed E-state index contributed by atoms with van der Waals surface area (Å²) in [5, 5.41) is 3.85. The first kappa shape index (κ1) is 17.4. The van der Waals surface area contributed by atoms with Crippen LogP contribution in [0.5, 0.6) is 5.75 Å². The van der Waals surface area contributed by atoms with Gasteiger partial charge in [-0.1, -0.05) is 17.3 Å². The Morgan fingerprint density at radius 2 is 2.24 bits per heavy atom. The summed E-state index contributed by atoms with van der Waals surface area (Å²) in [7, 11) is -1.43. The van der Waals surface area contributed by atoms with Gasteiger partial charge in [0.1, 0.15) is 5.75 Å². The van der Waals surface area contributed by atoms with Crippen LogP contribution in [-0.2, 0) is 26.0 Å². The predicted octanol–water partition coefficient (Wildman–Crippen LogP) is 1.61. The molecule has 1 aromatic carbocycles. The van der Waals surface area contributed by atoms with E-state index >= 15 is 0 Å². The minimum Gasteiger partial charge on any atom is -0.497 e. The molecule has 1 saturated heterocycles. The van der Waals surface area contributed by atoms with Crippen molar-refractivity contribution in [2.45, 2.75) is 19.4 Å². The summed E-state index contributed by atoms with van der Waals surface area (Å²) in [6.07, 6.45) is 0.577. The molecular weight excluding hydrogens is 348 g/mol. The molecule has 1 unspecified atom stereocenters. The molecule has 0 radical (unpaired) electrons. The van der Waals surface area contributed by atoms with Crippen LogP contribution >= 0.6 is 0 Å². The van der Waals surface area contributed by atoms with Crippen LogP contribution in [0.25, 0.3) is 11.4 Å². The minimum atomic E-state index is -3.00. The second-order valence-corrected chi connectivity index (χ2v) is 8.11. The number of hydrogen-bond acceptors (Lipinski definition) is 8. The molecule has 3 rings (SSSR count). The first-order chi connectivity index (χ1) is 11.9. The molecule has 0 N–H and O–H groups in total. The maximum absolute atomic E-state index is 11.8. The summed E-state index contributed by atoms with van der Waals surface area (Å²) < 4.78 is 38.1. The van der Waals surface area contributed by atoms with Crippen molar-refractivity contribution in [1.29, 1.82) is 0 Å². The molecule has 1 aromatic heterocycles. The first-order valence-electron chi connectivity index (χ1n) is 7.78. The Bertz CT molecular complexity index is 861. The Kier molecular flexibility index (Phi) is 5.03. The van der Waals surface area contributed by atoms with Crippen LogP contribution in [0, 0.1) is 5.92 Å². The topological polar surface area (TPSA) is 109 Å². The van der Waals surface area contributed by atoms with Gasteiger partial charge in [-0.15, -0.1) is 0 Å². The van der Waals surface area contributed by atoms with Crippen LogP contribution in [0.4, 0.5) is 0 Å². The van der Waals surface area contributed by atoms with Crippen molar-refractivity contribution in [3.05, 3.63) is 30.2 Å². The predicted molar refractivity (Wildman–Crippen MR) is 87.5 cm³/mol. The minimum absolute atomic E-state index is 0.0443. The molecule has 1 aliphatic rings. The van der Waals surface area contributed by atoms with E-state index in [9.17, 15) is 13.2 Å². The molecule has 134 valence electrons. The van der Waals surface area contributed by atoms with Gasteiger partial charge < -0.3 is 14.0 Å². The summed E-state index contributed by atoms with van der Waals surface area (Å²) in [5.41, 5.74) is 0.719. The van der Waals surface area contributed by atoms with Gasteiger partial charge in [-0.05, 0) is 24.5 Å². The molecule has 1 fully saturated rings. The summed E-state index contributed by atoms with van der Waals surface area (Å²) >= 11 is 0. The third-order valence-corrected chi connectivity index (χ3v) is 5.77. The largest absolute Gasteiger partial charge is 0.497 e. The fourth-order valence-corrected chi connectivity index (χ4v) is 4.52. The number of esters is 1. The lowest BCUT2D eigenvalue weighted by Crippen LogP contribution is -2.13. The Hall–Kier alpha value is -2.42. The van der Waals surface area contributed by atoms with E-state index in [1.54, 1.807) is 25.3 Å². The second-order valence-electron chi connectivity index (χ2n) is 5.88. The molecule has 9 heteroatoms. The number of ether oxygens (including phenoxy) is 2. The highest BCUT2D eigenvalue weighted by Crippen LogP contribution is 2.23. The molecular formula is C16H18N2O6S. The number of carbonyl (C=O) groups is 1. The van der Waals surface area contributed by atoms with Crippen molar-refractivity contribution in [2.75, 3.05) is 18.6 Å². The van der Waals surface area contributed by atoms with Gasteiger partial charge in [0.05, 0.1) is 18.6 Å². The summed E-state index contributed by atoms with van der Waals surface area (Å²) in [6.45, 7) is -0.144. The molecule has 2 aromatic rings. The molecule has 2 heterocycles. The van der Waals surface area contributed by atoms with Gasteiger partial charge in [0.15, 0.2) is 16.4 Å². The van der Waals surface area contributed by atoms with Gasteiger partial charge >= 0.3 is 5.97 Å². The molecule has 0 saturated carbocycles. The van der Waals surface area contributed by atoms with Crippen molar-refractivity contribution in [3.63, 3.8) is 0 Å². The van der Waals surface area contributed by atoms with E-state index in [1.165, 1.54) is 0 Å². The van der Waals surface area contributed by atoms with E-state index in [0.717, 1.165) is 5.56 Å². The molecule has 0 aliphatic carbocycles. The Morgan fingerprint density at radius 1 is 1.40 bits per heavy atom. The highest BCUT2D eigenvalue weighted by atomic mass is 32.2. The van der Waals surface area contributed by atoms with Crippen LogP contribution in [0.2, 0.25) is 0 Å². The van der Waals surface area contributed by atoms with E-state index in [4.69, 9.17) is 14.0 Å². The summed E-state index contributed by atoms with van der Waals surface area (Å²) in [5.74, 6) is 0.746. The van der Waals surface area contributed by atoms with Crippen LogP contribution in [0.3, 0.4) is 0 Å². The van der Waals surface area contributed by atoms with E-state index in [0.29, 0.717) is 18.0 Å². The van der Waals surface area contributed by atoms with E-state index in [-0.39, 0.29) is 36.3 Å². The molecule has 1 atom stereocenters. The van der Waals surface area contributed by atoms with Gasteiger partial charge in [-0.25, -0.2) is 8.42 Å². The lowest BCUT2D eigenvalue weighted by Gasteiger charge is -2.06. The third kappa shape index (κ3) is 4.56. The molecule has 0 amide bonds. The van der Waals surface area contributed by atoms with Crippen molar-refractivity contribution < 1.29 is 27.2 Å². The Morgan fingerprint density at radius 3 is 2.96 bits per heavy atom. The molecule has 8 nitrogen and oxygen atoms in total. The number of carbonyl (C=O) groups excluding carboxylic acids is 1. The Balaban J connectivity index is 1.54. The van der Waals surface area contributed by atoms with E-state index in [1.807, 2.05) is 6.07 Å². The number of hydrogen-bond donors (Lipinski definition) is 0. The number of rotatable bonds is 6. The van der Waals surface area contributed by atoms with E-state index < -0.39 is 15.8 Å². The smallest absolute Gasteiger partial charge is 0.306 e. The monoisotopic (exact) mass is 366 g/mol. The van der Waals surface area contributed by atoms with Crippen LogP contribution < -0.4 is 4.74 Å². The van der Waals surface area contributed by atoms with Gasteiger partial charge in [-0.3, -0.25) is 4.79 Å². The van der Waals surface area contributed by atoms with Gasteiger partial charge in [-0.2, -0.15) is 4.98 Å². The SMILES string of the molecule is COc1cccc(-c2noc(COC(=O)CC3CCS(=O)(=O)C3)n2)c1. The molecule has 0 bridgehead atoms. The number of sulfone groups is 1. The van der Waals surface area contributed by atoms with Crippen molar-refractivity contribution in [2.24, 2.45) is 5.92 Å². The Labute approximate surface area is 145 Å². The lowest BCUT2D eigenvalue weighted by atomic mass is 10.1. The number of aromatic nitrogens is 2. The van der Waals surface area contributed by atoms with Crippen molar-refractivity contribution in [3.8, 4) is 17.1 Å². The maximum atomic E-state index is 11.8. The normalized spacial score (nSPS) is 18.8. The van der Waals surface area contributed by atoms with Crippen LogP contribution in [0.15, 0.2) is 28.8 Å². The number of methoxy groups -OCH3 is 1. The highest BCUT2D eigenvalue weighted by Gasteiger charge is 2.30. The highest BCUT2D eigenvalue weighted by molar-refractivity contribution is 7.91. The van der Waals surface area contributed by atoms with Gasteiger partial charge in [0.2, 0.25) is 5.82 Å². The molecule has 25 heavy (non-hydrogen) atoms. The fourth-order valence-electron chi connectivity index (χ4n) is 2.66. The summed E-state index contributed by atoms with van der Waals surface area (Å²) in [6, 6.07) is 7.18. The molecule has 1 aliphatic heterocycles. The standard InChI is InChI=1S/C16H18N2O6S/c1-22-13-4-2-3-12(8-13)16-17-14(24-18-16)9-23-15(19)7-11-5-6-25(20,21)10-11/h2-4,8,11H,5-7,9-10H2,1H3. The van der Waals surface area contributed by atoms with Crippen LogP contribution in [-0.4, -0.2) is 43.1 Å². The van der Waals surface area contributed by atoms with Gasteiger partial charge in [0.25, 0.3) is 5.89 Å². The summed E-state index contributed by atoms with van der Waals surface area (Å²) in [4.78, 5) is 16.0. The zero-order valence-electron chi connectivity index (χ0n) is 13.7. The molecule has 0 spiro atoms. The zero-order chi connectivity index (χ0) is 17.9. The second kappa shape index (κ2) is 7.22. The third-order valence-electron chi connectivity index (χ3n) is 3.93. The fraction of sp³-hybridized carbons (Fsp3) is 0.438. The van der Waals surface area contributed by atoms with Gasteiger partial charge in [0, 0.05) is 12.0 Å². The lowest BCUT2D eigenvalue weighted by molar-refractivity contribution is -0.146. The van der Waals surface area contributed by atoms with E-state index in [2.05, 4.69) is 10.1 Å². The maximum Gasteiger partial charge on any atom is 0.306 e.